The van der Waals surface area contributed by atoms with Crippen LogP contribution in [0.1, 0.15) is 12.8 Å². The third-order valence-corrected chi connectivity index (χ3v) is 24.8. The molecule has 0 atom stereocenters. The molecule has 20 heavy (non-hydrogen) atoms. The van der Waals surface area contributed by atoms with Crippen molar-refractivity contribution < 1.29 is 0 Å². The van der Waals surface area contributed by atoms with Gasteiger partial charge in [0.15, 0.2) is 0 Å². The van der Waals surface area contributed by atoms with Gasteiger partial charge in [0.1, 0.15) is 0 Å². The van der Waals surface area contributed by atoms with E-state index in [-0.39, 0.29) is 0 Å². The van der Waals surface area contributed by atoms with Crippen LogP contribution in [0.15, 0.2) is 0 Å². The summed E-state index contributed by atoms with van der Waals surface area (Å²) in [6.07, 6.45) is 3.06. The van der Waals surface area contributed by atoms with Crippen molar-refractivity contribution in [1.82, 2.24) is 0 Å². The van der Waals surface area contributed by atoms with Crippen LogP contribution in [0.5, 0.6) is 0 Å². The van der Waals surface area contributed by atoms with Crippen LogP contribution in [0.4, 0.5) is 0 Å². The van der Waals surface area contributed by atoms with Gasteiger partial charge < -0.3 is 0 Å². The second-order valence-electron chi connectivity index (χ2n) is 11.1. The molecule has 0 fully saturated rings. The van der Waals surface area contributed by atoms with E-state index in [0.29, 0.717) is 0 Å². The predicted molar refractivity (Wildman–Crippen MR) is 110 cm³/mol. The summed E-state index contributed by atoms with van der Waals surface area (Å²) in [6.45, 7) is 31.3. The van der Waals surface area contributed by atoms with Crippen molar-refractivity contribution in [1.29, 1.82) is 0 Å². The molecule has 0 bridgehead atoms. The molecule has 0 amide bonds. The Morgan fingerprint density at radius 2 is 0.550 bits per heavy atom. The van der Waals surface area contributed by atoms with Crippen LogP contribution in [-0.2, 0) is 0 Å². The van der Waals surface area contributed by atoms with Crippen LogP contribution < -0.4 is 0 Å². The Bertz CT molecular complexity index is 236. The monoisotopic (exact) mass is 346 g/mol. The molecule has 122 valence electrons. The molecular formula is C16H42Si4. The Kier molecular flexibility index (Phi) is 6.83. The summed E-state index contributed by atoms with van der Waals surface area (Å²) < 4.78 is 0. The first-order valence-electron chi connectivity index (χ1n) is 8.47. The van der Waals surface area contributed by atoms with E-state index in [0.717, 1.165) is 10.3 Å². The Balaban J connectivity index is 5.10. The fourth-order valence-electron chi connectivity index (χ4n) is 4.66. The van der Waals surface area contributed by atoms with Crippen LogP contribution in [0, 0.1) is 0 Å². The van der Waals surface area contributed by atoms with Crippen molar-refractivity contribution in [3.05, 3.63) is 0 Å². The second kappa shape index (κ2) is 6.55. The van der Waals surface area contributed by atoms with Gasteiger partial charge in [0.05, 0.1) is 0 Å². The van der Waals surface area contributed by atoms with E-state index in [9.17, 15) is 0 Å². The Hall–Kier alpha value is 0.868. The zero-order chi connectivity index (χ0) is 16.6. The third-order valence-electron chi connectivity index (χ3n) is 4.93. The first-order chi connectivity index (χ1) is 8.47. The fraction of sp³-hybridized carbons (Fsp3) is 1.00. The maximum absolute atomic E-state index is 2.61. The topological polar surface area (TPSA) is 0 Å². The number of rotatable bonds is 7. The van der Waals surface area contributed by atoms with Gasteiger partial charge in [-0.15, -0.1) is 0 Å². The van der Waals surface area contributed by atoms with E-state index in [1.807, 2.05) is 0 Å². The predicted octanol–water partition coefficient (Wildman–Crippen LogP) is 6.94. The van der Waals surface area contributed by atoms with E-state index in [1.54, 1.807) is 0 Å². The molecule has 0 aromatic heterocycles. The molecular weight excluding hydrogens is 305 g/mol. The van der Waals surface area contributed by atoms with Crippen molar-refractivity contribution in [3.8, 4) is 0 Å². The van der Waals surface area contributed by atoms with Gasteiger partial charge in [-0.3, -0.25) is 0 Å². The lowest BCUT2D eigenvalue weighted by Gasteiger charge is -2.43. The van der Waals surface area contributed by atoms with E-state index in [4.69, 9.17) is 0 Å². The first kappa shape index (κ1) is 20.9. The molecule has 0 aromatic carbocycles. The summed E-state index contributed by atoms with van der Waals surface area (Å²) in [4.78, 5) is 0. The highest BCUT2D eigenvalue weighted by atomic mass is 28.4. The van der Waals surface area contributed by atoms with E-state index < -0.39 is 32.3 Å². The van der Waals surface area contributed by atoms with E-state index in [2.05, 4.69) is 78.6 Å². The van der Waals surface area contributed by atoms with Crippen molar-refractivity contribution >= 4 is 32.3 Å². The van der Waals surface area contributed by atoms with Crippen molar-refractivity contribution in [3.63, 3.8) is 0 Å². The Morgan fingerprint density at radius 3 is 0.650 bits per heavy atom. The van der Waals surface area contributed by atoms with Crippen LogP contribution >= 0.6 is 0 Å². The molecule has 0 aliphatic heterocycles. The summed E-state index contributed by atoms with van der Waals surface area (Å²) in [5.74, 6) is 0. The standard InChI is InChI=1S/C16H42Si4/c1-17(2,3)15(18(4,5)6)13-14-16(19(7,8)9)20(10,11)12/h15-16H,13-14H2,1-12H3. The largest absolute Gasteiger partial charge is 0.0696 e. The highest BCUT2D eigenvalue weighted by Gasteiger charge is 2.41. The maximum atomic E-state index is 2.61. The summed E-state index contributed by atoms with van der Waals surface area (Å²) in [5, 5.41) is 2.18. The van der Waals surface area contributed by atoms with Gasteiger partial charge in [-0.05, 0) is 0 Å². The highest BCUT2D eigenvalue weighted by molar-refractivity contribution is 6.97. The number of hydrogen-bond acceptors (Lipinski definition) is 0. The van der Waals surface area contributed by atoms with Crippen molar-refractivity contribution in [2.45, 2.75) is 102 Å². The Morgan fingerprint density at radius 1 is 0.400 bits per heavy atom. The first-order valence-corrected chi connectivity index (χ1v) is 22.8. The molecule has 0 spiro atoms. The average Bonchev–Trinajstić information content (AvgIpc) is 2.02. The summed E-state index contributed by atoms with van der Waals surface area (Å²) in [6, 6.07) is 0. The van der Waals surface area contributed by atoms with Gasteiger partial charge in [-0.1, -0.05) is 102 Å². The molecule has 0 rings (SSSR count). The summed E-state index contributed by atoms with van der Waals surface area (Å²) >= 11 is 0. The lowest BCUT2D eigenvalue weighted by molar-refractivity contribution is 0.763. The molecule has 0 aliphatic carbocycles. The molecule has 0 N–H and O–H groups in total. The lowest BCUT2D eigenvalue weighted by atomic mass is 10.4. The van der Waals surface area contributed by atoms with Gasteiger partial charge in [0.25, 0.3) is 0 Å². The zero-order valence-electron chi connectivity index (χ0n) is 16.6. The normalized spacial score (nSPS) is 15.3. The smallest absolute Gasteiger partial charge is 0.0447 e. The van der Waals surface area contributed by atoms with Crippen LogP contribution in [0.25, 0.3) is 0 Å². The molecule has 0 aliphatic rings. The molecule has 0 aromatic rings. The average molecular weight is 347 g/mol. The zero-order valence-corrected chi connectivity index (χ0v) is 20.6. The molecule has 0 radical (unpaired) electrons. The van der Waals surface area contributed by atoms with Crippen LogP contribution in [0.2, 0.25) is 88.9 Å². The highest BCUT2D eigenvalue weighted by Crippen LogP contribution is 2.42. The van der Waals surface area contributed by atoms with Crippen LogP contribution in [-0.4, -0.2) is 32.3 Å². The summed E-state index contributed by atoms with van der Waals surface area (Å²) in [7, 11) is -4.06. The fourth-order valence-corrected chi connectivity index (χ4v) is 29.6. The minimum Gasteiger partial charge on any atom is -0.0696 e. The number of hydrogen-bond donors (Lipinski definition) is 0. The lowest BCUT2D eigenvalue weighted by Crippen LogP contribution is -2.47. The molecule has 0 saturated carbocycles. The Labute approximate surface area is 134 Å². The van der Waals surface area contributed by atoms with Crippen molar-refractivity contribution in [2.24, 2.45) is 0 Å². The minimum absolute atomic E-state index is 1.01. The van der Waals surface area contributed by atoms with Gasteiger partial charge in [0.2, 0.25) is 0 Å². The molecule has 0 saturated heterocycles. The molecule has 4 heteroatoms. The van der Waals surface area contributed by atoms with Gasteiger partial charge in [-0.2, -0.15) is 0 Å². The SMILES string of the molecule is C[Si](C)(C)C(CCC([Si](C)(C)C)[Si](C)(C)C)[Si](C)(C)C. The molecule has 0 nitrogen and oxygen atoms in total. The third kappa shape index (κ3) is 6.75. The van der Waals surface area contributed by atoms with E-state index >= 15 is 0 Å². The van der Waals surface area contributed by atoms with Gasteiger partial charge >= 0.3 is 0 Å². The van der Waals surface area contributed by atoms with Gasteiger partial charge in [-0.25, -0.2) is 0 Å². The second-order valence-corrected chi connectivity index (χ2v) is 34.0. The minimum atomic E-state index is -1.01. The van der Waals surface area contributed by atoms with Crippen LogP contribution in [0.3, 0.4) is 0 Å². The van der Waals surface area contributed by atoms with Gasteiger partial charge in [0, 0.05) is 32.3 Å². The summed E-state index contributed by atoms with van der Waals surface area (Å²) in [5.41, 5.74) is 0. The van der Waals surface area contributed by atoms with E-state index in [1.165, 1.54) is 12.8 Å². The quantitative estimate of drug-likeness (QED) is 0.438. The maximum Gasteiger partial charge on any atom is 0.0447 e. The molecule has 0 heterocycles. The molecule has 0 unspecified atom stereocenters. The van der Waals surface area contributed by atoms with Crippen molar-refractivity contribution in [2.75, 3.05) is 0 Å².